The normalized spacial score (nSPS) is 16.4. The molecule has 0 atom stereocenters. The van der Waals surface area contributed by atoms with Gasteiger partial charge in [0.15, 0.2) is 12.0 Å². The number of hydrogen-bond donors (Lipinski definition) is 2. The molecule has 0 bridgehead atoms. The van der Waals surface area contributed by atoms with E-state index in [-0.39, 0.29) is 18.7 Å². The Hall–Kier alpha value is -1.60. The molecule has 1 rings (SSSR count). The van der Waals surface area contributed by atoms with Gasteiger partial charge in [0.2, 0.25) is 0 Å². The number of ether oxygens (including phenoxy) is 2. The summed E-state index contributed by atoms with van der Waals surface area (Å²) in [5.74, 6) is -2.75. The molecule has 0 unspecified atom stereocenters. The standard InChI is InChI=1S/C9H13NO6/c1-15-6(16-2)4-10-3-5(9(13)14)7(11)8(10)12/h6,11H,3-4H2,1-2H3,(H,13,14). The highest BCUT2D eigenvalue weighted by molar-refractivity contribution is 6.04. The van der Waals surface area contributed by atoms with Gasteiger partial charge in [-0.05, 0) is 0 Å². The van der Waals surface area contributed by atoms with Crippen molar-refractivity contribution in [3.05, 3.63) is 11.3 Å². The second kappa shape index (κ2) is 4.95. The Morgan fingerprint density at radius 2 is 2.06 bits per heavy atom. The molecule has 1 aliphatic rings. The molecule has 2 N–H and O–H groups in total. The van der Waals surface area contributed by atoms with Gasteiger partial charge < -0.3 is 24.6 Å². The number of carboxylic acid groups (broad SMARTS) is 1. The molecular formula is C9H13NO6. The summed E-state index contributed by atoms with van der Waals surface area (Å²) < 4.78 is 9.75. The number of carboxylic acids is 1. The Morgan fingerprint density at radius 3 is 2.44 bits per heavy atom. The first-order chi connectivity index (χ1) is 7.51. The molecule has 0 spiro atoms. The van der Waals surface area contributed by atoms with Crippen molar-refractivity contribution < 1.29 is 29.3 Å². The predicted octanol–water partition coefficient (Wildman–Crippen LogP) is -0.656. The number of hydrogen-bond acceptors (Lipinski definition) is 5. The van der Waals surface area contributed by atoms with Crippen molar-refractivity contribution in [2.75, 3.05) is 27.3 Å². The fourth-order valence-electron chi connectivity index (χ4n) is 1.36. The van der Waals surface area contributed by atoms with Crippen LogP contribution >= 0.6 is 0 Å². The van der Waals surface area contributed by atoms with E-state index in [4.69, 9.17) is 14.6 Å². The summed E-state index contributed by atoms with van der Waals surface area (Å²) in [5, 5.41) is 18.0. The summed E-state index contributed by atoms with van der Waals surface area (Å²) in [6.07, 6.45) is -0.648. The molecule has 0 aromatic carbocycles. The van der Waals surface area contributed by atoms with Gasteiger partial charge in [0.05, 0.1) is 13.1 Å². The van der Waals surface area contributed by atoms with E-state index in [0.717, 1.165) is 4.90 Å². The van der Waals surface area contributed by atoms with Crippen LogP contribution in [-0.2, 0) is 19.1 Å². The molecule has 0 radical (unpaired) electrons. The molecule has 0 saturated heterocycles. The molecule has 1 amide bonds. The van der Waals surface area contributed by atoms with Crippen molar-refractivity contribution in [1.82, 2.24) is 4.90 Å². The molecule has 7 heteroatoms. The van der Waals surface area contributed by atoms with E-state index in [1.165, 1.54) is 14.2 Å². The maximum absolute atomic E-state index is 11.4. The summed E-state index contributed by atoms with van der Waals surface area (Å²) in [6.45, 7) is -0.0874. The number of nitrogens with zero attached hydrogens (tertiary/aromatic N) is 1. The third-order valence-electron chi connectivity index (χ3n) is 2.28. The summed E-state index contributed by atoms with van der Waals surface area (Å²) >= 11 is 0. The summed E-state index contributed by atoms with van der Waals surface area (Å²) in [7, 11) is 2.81. The fraction of sp³-hybridized carbons (Fsp3) is 0.556. The van der Waals surface area contributed by atoms with Crippen molar-refractivity contribution >= 4 is 11.9 Å². The number of rotatable bonds is 5. The number of carbonyl (C=O) groups excluding carboxylic acids is 1. The molecule has 1 heterocycles. The average Bonchev–Trinajstić information content (AvgIpc) is 2.53. The minimum Gasteiger partial charge on any atom is -0.503 e. The van der Waals surface area contributed by atoms with E-state index >= 15 is 0 Å². The first-order valence-electron chi connectivity index (χ1n) is 4.51. The van der Waals surface area contributed by atoms with Crippen LogP contribution in [0.5, 0.6) is 0 Å². The van der Waals surface area contributed by atoms with Gasteiger partial charge in [-0.15, -0.1) is 0 Å². The molecule has 0 saturated carbocycles. The van der Waals surface area contributed by atoms with Crippen LogP contribution < -0.4 is 0 Å². The van der Waals surface area contributed by atoms with Gasteiger partial charge in [-0.2, -0.15) is 0 Å². The van der Waals surface area contributed by atoms with Crippen LogP contribution in [0, 0.1) is 0 Å². The molecular weight excluding hydrogens is 218 g/mol. The monoisotopic (exact) mass is 231 g/mol. The number of aliphatic hydroxyl groups is 1. The van der Waals surface area contributed by atoms with Gasteiger partial charge in [-0.3, -0.25) is 4.79 Å². The Balaban J connectivity index is 2.70. The SMILES string of the molecule is COC(CN1CC(C(=O)O)=C(O)C1=O)OC. The lowest BCUT2D eigenvalue weighted by Gasteiger charge is -2.21. The third kappa shape index (κ3) is 2.31. The van der Waals surface area contributed by atoms with E-state index < -0.39 is 23.9 Å². The van der Waals surface area contributed by atoms with Crippen molar-refractivity contribution in [3.63, 3.8) is 0 Å². The van der Waals surface area contributed by atoms with Crippen LogP contribution in [0.4, 0.5) is 0 Å². The zero-order valence-corrected chi connectivity index (χ0v) is 8.97. The minimum atomic E-state index is -1.31. The minimum absolute atomic E-state index is 0.0622. The molecule has 0 aliphatic carbocycles. The Labute approximate surface area is 91.9 Å². The first-order valence-corrected chi connectivity index (χ1v) is 4.51. The molecule has 0 aromatic heterocycles. The quantitative estimate of drug-likeness (QED) is 0.610. The molecule has 7 nitrogen and oxygen atoms in total. The number of carbonyl (C=O) groups is 2. The van der Waals surface area contributed by atoms with E-state index in [1.54, 1.807) is 0 Å². The molecule has 0 aromatic rings. The van der Waals surface area contributed by atoms with E-state index in [0.29, 0.717) is 0 Å². The number of amides is 1. The zero-order chi connectivity index (χ0) is 12.3. The maximum Gasteiger partial charge on any atom is 0.337 e. The highest BCUT2D eigenvalue weighted by Gasteiger charge is 2.35. The predicted molar refractivity (Wildman–Crippen MR) is 51.7 cm³/mol. The average molecular weight is 231 g/mol. The number of aliphatic hydroxyl groups excluding tert-OH is 1. The highest BCUT2D eigenvalue weighted by Crippen LogP contribution is 2.17. The summed E-state index contributed by atoms with van der Waals surface area (Å²) in [5.41, 5.74) is -0.309. The van der Waals surface area contributed by atoms with E-state index in [2.05, 4.69) is 0 Å². The molecule has 0 fully saturated rings. The topological polar surface area (TPSA) is 96.3 Å². The van der Waals surface area contributed by atoms with Crippen LogP contribution in [0.1, 0.15) is 0 Å². The lowest BCUT2D eigenvalue weighted by molar-refractivity contribution is -0.141. The van der Waals surface area contributed by atoms with Gasteiger partial charge in [-0.25, -0.2) is 4.79 Å². The van der Waals surface area contributed by atoms with Crippen LogP contribution in [-0.4, -0.2) is 60.6 Å². The van der Waals surface area contributed by atoms with Crippen LogP contribution in [0.25, 0.3) is 0 Å². The zero-order valence-electron chi connectivity index (χ0n) is 8.97. The number of methoxy groups -OCH3 is 2. The summed E-state index contributed by atoms with van der Waals surface area (Å²) in [4.78, 5) is 23.2. The largest absolute Gasteiger partial charge is 0.503 e. The smallest absolute Gasteiger partial charge is 0.337 e. The molecule has 1 aliphatic heterocycles. The van der Waals surface area contributed by atoms with Crippen LogP contribution in [0.3, 0.4) is 0 Å². The second-order valence-corrected chi connectivity index (χ2v) is 3.22. The summed E-state index contributed by atoms with van der Waals surface area (Å²) in [6, 6.07) is 0. The van der Waals surface area contributed by atoms with Gasteiger partial charge in [0.1, 0.15) is 5.57 Å². The van der Waals surface area contributed by atoms with Crippen LogP contribution in [0.2, 0.25) is 0 Å². The van der Waals surface area contributed by atoms with Crippen LogP contribution in [0.15, 0.2) is 11.3 Å². The van der Waals surface area contributed by atoms with Gasteiger partial charge in [-0.1, -0.05) is 0 Å². The number of aliphatic carboxylic acids is 1. The second-order valence-electron chi connectivity index (χ2n) is 3.22. The Kier molecular flexibility index (Phi) is 3.86. The van der Waals surface area contributed by atoms with Crippen molar-refractivity contribution in [3.8, 4) is 0 Å². The van der Waals surface area contributed by atoms with Gasteiger partial charge in [0, 0.05) is 14.2 Å². The highest BCUT2D eigenvalue weighted by atomic mass is 16.7. The van der Waals surface area contributed by atoms with E-state index in [9.17, 15) is 14.7 Å². The lowest BCUT2D eigenvalue weighted by atomic mass is 10.3. The van der Waals surface area contributed by atoms with Gasteiger partial charge >= 0.3 is 5.97 Å². The van der Waals surface area contributed by atoms with Crippen molar-refractivity contribution in [2.24, 2.45) is 0 Å². The maximum atomic E-state index is 11.4. The lowest BCUT2D eigenvalue weighted by Crippen LogP contribution is -2.37. The fourth-order valence-corrected chi connectivity index (χ4v) is 1.36. The van der Waals surface area contributed by atoms with Crippen molar-refractivity contribution in [2.45, 2.75) is 6.29 Å². The van der Waals surface area contributed by atoms with Gasteiger partial charge in [0.25, 0.3) is 5.91 Å². The third-order valence-corrected chi connectivity index (χ3v) is 2.28. The van der Waals surface area contributed by atoms with E-state index in [1.807, 2.05) is 0 Å². The molecule has 90 valence electrons. The van der Waals surface area contributed by atoms with Crippen molar-refractivity contribution in [1.29, 1.82) is 0 Å². The first kappa shape index (κ1) is 12.5. The Morgan fingerprint density at radius 1 is 1.50 bits per heavy atom. The Bertz CT molecular complexity index is 333. The molecule has 16 heavy (non-hydrogen) atoms.